The lowest BCUT2D eigenvalue weighted by atomic mass is 9.96. The molecule has 2 aromatic rings. The Hall–Kier alpha value is -2.61. The van der Waals surface area contributed by atoms with Gasteiger partial charge in [-0.1, -0.05) is 18.5 Å². The van der Waals surface area contributed by atoms with E-state index in [2.05, 4.69) is 15.2 Å². The van der Waals surface area contributed by atoms with Crippen molar-refractivity contribution in [1.82, 2.24) is 9.88 Å². The molecule has 2 N–H and O–H groups in total. The number of nitrogens with one attached hydrogen (secondary N) is 2. The lowest BCUT2D eigenvalue weighted by Crippen LogP contribution is -2.43. The number of nitrogens with zero attached hydrogens (tertiary/aromatic N) is 2. The molecule has 8 heteroatoms. The fraction of sp³-hybridized carbons (Fsp3) is 0.462. The number of hydrogen-bond donors (Lipinski definition) is 2. The quantitative estimate of drug-likeness (QED) is 0.607. The number of rotatable bonds is 6. The fourth-order valence-corrected chi connectivity index (χ4v) is 5.34. The third kappa shape index (κ3) is 4.52. The molecule has 7 nitrogen and oxygen atoms in total. The number of ether oxygens (including phenoxy) is 1. The van der Waals surface area contributed by atoms with Gasteiger partial charge in [0.1, 0.15) is 0 Å². The molecule has 34 heavy (non-hydrogen) atoms. The topological polar surface area (TPSA) is 77.7 Å². The number of benzene rings is 1. The summed E-state index contributed by atoms with van der Waals surface area (Å²) in [6.45, 7) is 6.54. The number of anilines is 2. The molecule has 0 saturated carbocycles. The molecular formula is C26H31ClN4O3. The number of carbonyl (C=O) groups is 2. The van der Waals surface area contributed by atoms with E-state index < -0.39 is 0 Å². The second kappa shape index (κ2) is 9.94. The summed E-state index contributed by atoms with van der Waals surface area (Å²) in [5.41, 5.74) is 6.27. The highest BCUT2D eigenvalue weighted by Crippen LogP contribution is 2.39. The van der Waals surface area contributed by atoms with Crippen LogP contribution in [0.15, 0.2) is 18.2 Å². The molecule has 0 radical (unpaired) electrons. The first kappa shape index (κ1) is 23.1. The Bertz CT molecular complexity index is 1130. The molecule has 3 heterocycles. The molecule has 1 fully saturated rings. The van der Waals surface area contributed by atoms with Crippen molar-refractivity contribution in [3.8, 4) is 0 Å². The van der Waals surface area contributed by atoms with E-state index in [0.29, 0.717) is 23.6 Å². The Morgan fingerprint density at radius 3 is 2.82 bits per heavy atom. The van der Waals surface area contributed by atoms with Crippen molar-refractivity contribution in [2.24, 2.45) is 0 Å². The molecular weight excluding hydrogens is 452 g/mol. The lowest BCUT2D eigenvalue weighted by Gasteiger charge is -2.31. The Labute approximate surface area is 205 Å². The van der Waals surface area contributed by atoms with Crippen LogP contribution in [0.5, 0.6) is 0 Å². The molecule has 2 aliphatic heterocycles. The van der Waals surface area contributed by atoms with Crippen LogP contribution in [0.3, 0.4) is 0 Å². The minimum Gasteiger partial charge on any atom is -0.379 e. The molecule has 180 valence electrons. The fourth-order valence-electron chi connectivity index (χ4n) is 5.17. The SMILES string of the molecule is CCC(=O)N(CCN1CCOCC1)c1c(C=C2C(=O)Nc3ccc(Cl)cc32)[nH]c2c1CCCC2. The van der Waals surface area contributed by atoms with Crippen LogP contribution in [0.2, 0.25) is 5.02 Å². The van der Waals surface area contributed by atoms with Gasteiger partial charge in [0.25, 0.3) is 5.91 Å². The highest BCUT2D eigenvalue weighted by Gasteiger charge is 2.30. The first-order valence-corrected chi connectivity index (χ1v) is 12.6. The van der Waals surface area contributed by atoms with E-state index in [9.17, 15) is 9.59 Å². The van der Waals surface area contributed by atoms with E-state index in [1.807, 2.05) is 30.0 Å². The van der Waals surface area contributed by atoms with Gasteiger partial charge in [-0.05, 0) is 55.5 Å². The number of carbonyl (C=O) groups excluding carboxylic acids is 2. The molecule has 0 atom stereocenters. The molecule has 0 bridgehead atoms. The molecule has 3 aliphatic rings. The molecule has 1 aliphatic carbocycles. The normalized spacial score (nSPS) is 19.1. The average Bonchev–Trinajstić information content (AvgIpc) is 3.37. The monoisotopic (exact) mass is 482 g/mol. The van der Waals surface area contributed by atoms with E-state index in [1.165, 1.54) is 11.3 Å². The van der Waals surface area contributed by atoms with Crippen molar-refractivity contribution in [3.63, 3.8) is 0 Å². The van der Waals surface area contributed by atoms with Gasteiger partial charge in [-0.15, -0.1) is 0 Å². The number of H-pyrrole nitrogens is 1. The minimum absolute atomic E-state index is 0.0969. The van der Waals surface area contributed by atoms with E-state index in [1.54, 1.807) is 6.07 Å². The van der Waals surface area contributed by atoms with Crippen LogP contribution in [-0.4, -0.2) is 61.1 Å². The van der Waals surface area contributed by atoms with Crippen molar-refractivity contribution >= 4 is 46.4 Å². The van der Waals surface area contributed by atoms with Gasteiger partial charge in [-0.3, -0.25) is 14.5 Å². The third-order valence-corrected chi connectivity index (χ3v) is 7.20. The first-order valence-electron chi connectivity index (χ1n) is 12.2. The van der Waals surface area contributed by atoms with Crippen LogP contribution in [0.1, 0.15) is 48.7 Å². The number of aryl methyl sites for hydroxylation is 1. The maximum absolute atomic E-state index is 13.2. The number of aromatic nitrogens is 1. The number of amides is 2. The Morgan fingerprint density at radius 1 is 1.24 bits per heavy atom. The van der Waals surface area contributed by atoms with Crippen LogP contribution >= 0.6 is 11.6 Å². The van der Waals surface area contributed by atoms with Gasteiger partial charge in [0.15, 0.2) is 0 Å². The zero-order chi connectivity index (χ0) is 23.7. The Morgan fingerprint density at radius 2 is 2.03 bits per heavy atom. The number of halogens is 1. The average molecular weight is 483 g/mol. The van der Waals surface area contributed by atoms with Gasteiger partial charge in [-0.25, -0.2) is 0 Å². The molecule has 1 aromatic carbocycles. The van der Waals surface area contributed by atoms with E-state index >= 15 is 0 Å². The van der Waals surface area contributed by atoms with Gasteiger partial charge in [0.05, 0.1) is 30.2 Å². The smallest absolute Gasteiger partial charge is 0.256 e. The van der Waals surface area contributed by atoms with E-state index in [-0.39, 0.29) is 11.8 Å². The zero-order valence-corrected chi connectivity index (χ0v) is 20.3. The number of aromatic amines is 1. The predicted molar refractivity (Wildman–Crippen MR) is 135 cm³/mol. The van der Waals surface area contributed by atoms with Crippen molar-refractivity contribution in [1.29, 1.82) is 0 Å². The van der Waals surface area contributed by atoms with Crippen molar-refractivity contribution < 1.29 is 14.3 Å². The van der Waals surface area contributed by atoms with Gasteiger partial charge in [-0.2, -0.15) is 0 Å². The standard InChI is InChI=1S/C26H31ClN4O3/c1-2-24(32)31(10-9-30-11-13-34-14-12-30)25-18-5-3-4-6-21(18)28-23(25)16-20-19-15-17(27)7-8-22(19)29-26(20)33/h7-8,15-16,28H,2-6,9-14H2,1H3,(H,29,33). The van der Waals surface area contributed by atoms with Crippen LogP contribution in [0.4, 0.5) is 11.4 Å². The van der Waals surface area contributed by atoms with Crippen LogP contribution in [-0.2, 0) is 27.2 Å². The summed E-state index contributed by atoms with van der Waals surface area (Å²) in [7, 11) is 0. The zero-order valence-electron chi connectivity index (χ0n) is 19.6. The van der Waals surface area contributed by atoms with Gasteiger partial charge < -0.3 is 19.9 Å². The molecule has 0 unspecified atom stereocenters. The summed E-state index contributed by atoms with van der Waals surface area (Å²) in [5.74, 6) is -0.0583. The summed E-state index contributed by atoms with van der Waals surface area (Å²) in [5, 5.41) is 3.51. The summed E-state index contributed by atoms with van der Waals surface area (Å²) >= 11 is 6.24. The maximum Gasteiger partial charge on any atom is 0.256 e. The number of morpholine rings is 1. The maximum atomic E-state index is 13.2. The van der Waals surface area contributed by atoms with Crippen LogP contribution < -0.4 is 10.2 Å². The van der Waals surface area contributed by atoms with Crippen molar-refractivity contribution in [2.45, 2.75) is 39.0 Å². The lowest BCUT2D eigenvalue weighted by molar-refractivity contribution is -0.118. The summed E-state index contributed by atoms with van der Waals surface area (Å²) in [4.78, 5) is 33.9. The van der Waals surface area contributed by atoms with E-state index in [0.717, 1.165) is 81.2 Å². The summed E-state index contributed by atoms with van der Waals surface area (Å²) in [6, 6.07) is 5.42. The van der Waals surface area contributed by atoms with Crippen molar-refractivity contribution in [2.75, 3.05) is 49.6 Å². The van der Waals surface area contributed by atoms with Gasteiger partial charge in [0, 0.05) is 54.6 Å². The summed E-state index contributed by atoms with van der Waals surface area (Å²) < 4.78 is 5.48. The van der Waals surface area contributed by atoms with Crippen molar-refractivity contribution in [3.05, 3.63) is 45.7 Å². The molecule has 2 amide bonds. The second-order valence-electron chi connectivity index (χ2n) is 9.11. The molecule has 1 aromatic heterocycles. The van der Waals surface area contributed by atoms with E-state index in [4.69, 9.17) is 16.3 Å². The third-order valence-electron chi connectivity index (χ3n) is 6.96. The van der Waals surface area contributed by atoms with Gasteiger partial charge in [0.2, 0.25) is 5.91 Å². The molecule has 5 rings (SSSR count). The van der Waals surface area contributed by atoms with Crippen LogP contribution in [0, 0.1) is 0 Å². The Balaban J connectivity index is 1.55. The highest BCUT2D eigenvalue weighted by molar-refractivity contribution is 6.37. The first-order chi connectivity index (χ1) is 16.5. The number of hydrogen-bond acceptors (Lipinski definition) is 4. The largest absolute Gasteiger partial charge is 0.379 e. The molecule has 1 saturated heterocycles. The number of fused-ring (bicyclic) bond motifs is 2. The second-order valence-corrected chi connectivity index (χ2v) is 9.54. The van der Waals surface area contributed by atoms with Crippen LogP contribution in [0.25, 0.3) is 11.6 Å². The summed E-state index contributed by atoms with van der Waals surface area (Å²) in [6.07, 6.45) is 6.44. The minimum atomic E-state index is -0.155. The van der Waals surface area contributed by atoms with Gasteiger partial charge >= 0.3 is 0 Å². The molecule has 0 spiro atoms. The highest BCUT2D eigenvalue weighted by atomic mass is 35.5. The predicted octanol–water partition coefficient (Wildman–Crippen LogP) is 4.11. The Kier molecular flexibility index (Phi) is 6.77.